The second-order valence-corrected chi connectivity index (χ2v) is 2.91. The highest BCUT2D eigenvalue weighted by Gasteiger charge is 2.28. The summed E-state index contributed by atoms with van der Waals surface area (Å²) in [5, 5.41) is 11.8. The molecule has 0 aromatic heterocycles. The molecule has 1 fully saturated rings. The zero-order valence-electron chi connectivity index (χ0n) is 6.07. The van der Waals surface area contributed by atoms with E-state index in [9.17, 15) is 4.39 Å². The van der Waals surface area contributed by atoms with Crippen LogP contribution in [-0.2, 0) is 0 Å². The summed E-state index contributed by atoms with van der Waals surface area (Å²) in [7, 11) is 0. The van der Waals surface area contributed by atoms with Gasteiger partial charge in [-0.15, -0.1) is 0 Å². The average Bonchev–Trinajstić information content (AvgIpc) is 2.15. The third-order valence-electron chi connectivity index (χ3n) is 2.01. The highest BCUT2D eigenvalue weighted by atomic mass is 19.1. The molecule has 0 aromatic rings. The van der Waals surface area contributed by atoms with Crippen molar-refractivity contribution in [1.29, 1.82) is 0 Å². The molecular weight excluding hydrogens is 133 g/mol. The minimum absolute atomic E-state index is 0.325. The Kier molecular flexibility index (Phi) is 2.63. The zero-order chi connectivity index (χ0) is 7.45. The molecule has 1 aliphatic rings. The smallest absolute Gasteiger partial charge is 0.135 e. The van der Waals surface area contributed by atoms with Crippen molar-refractivity contribution in [2.75, 3.05) is 19.7 Å². The first-order chi connectivity index (χ1) is 4.77. The van der Waals surface area contributed by atoms with Gasteiger partial charge < -0.3 is 10.4 Å². The first-order valence-corrected chi connectivity index (χ1v) is 3.77. The maximum atomic E-state index is 13.3. The molecule has 1 atom stereocenters. The maximum Gasteiger partial charge on any atom is 0.135 e. The van der Waals surface area contributed by atoms with Crippen LogP contribution in [0.2, 0.25) is 0 Å². The van der Waals surface area contributed by atoms with Crippen LogP contribution in [0, 0.1) is 0 Å². The lowest BCUT2D eigenvalue weighted by Gasteiger charge is -2.19. The molecule has 60 valence electrons. The van der Waals surface area contributed by atoms with E-state index in [2.05, 4.69) is 5.32 Å². The molecule has 0 radical (unpaired) electrons. The van der Waals surface area contributed by atoms with Crippen LogP contribution in [0.3, 0.4) is 0 Å². The molecule has 0 aliphatic carbocycles. The summed E-state index contributed by atoms with van der Waals surface area (Å²) in [5.41, 5.74) is -1.30. The molecular formula is C7H14FNO. The molecule has 1 aliphatic heterocycles. The molecule has 0 saturated carbocycles. The first kappa shape index (κ1) is 7.95. The lowest BCUT2D eigenvalue weighted by atomic mass is 9.98. The van der Waals surface area contributed by atoms with E-state index in [4.69, 9.17) is 5.11 Å². The highest BCUT2D eigenvalue weighted by molar-refractivity contribution is 4.81. The Morgan fingerprint density at radius 3 is 2.90 bits per heavy atom. The summed E-state index contributed by atoms with van der Waals surface area (Å²) >= 11 is 0. The Hall–Kier alpha value is -0.150. The standard InChI is InChI=1S/C7H14FNO/c8-7(6-10)2-1-4-9-5-3-7/h9-10H,1-6H2/t7-/m0/s1. The summed E-state index contributed by atoms with van der Waals surface area (Å²) in [6, 6.07) is 0. The monoisotopic (exact) mass is 147 g/mol. The fourth-order valence-corrected chi connectivity index (χ4v) is 1.25. The minimum Gasteiger partial charge on any atom is -0.393 e. The Morgan fingerprint density at radius 2 is 2.20 bits per heavy atom. The highest BCUT2D eigenvalue weighted by Crippen LogP contribution is 2.22. The minimum atomic E-state index is -1.30. The van der Waals surface area contributed by atoms with Crippen molar-refractivity contribution < 1.29 is 9.50 Å². The summed E-state index contributed by atoms with van der Waals surface area (Å²) in [6.07, 6.45) is 1.77. The van der Waals surface area contributed by atoms with E-state index in [0.29, 0.717) is 19.4 Å². The molecule has 2 N–H and O–H groups in total. The Labute approximate surface area is 60.4 Å². The van der Waals surface area contributed by atoms with Crippen molar-refractivity contribution >= 4 is 0 Å². The van der Waals surface area contributed by atoms with Crippen molar-refractivity contribution in [2.45, 2.75) is 24.9 Å². The number of aliphatic hydroxyl groups is 1. The first-order valence-electron chi connectivity index (χ1n) is 3.77. The van der Waals surface area contributed by atoms with Gasteiger partial charge in [0.05, 0.1) is 6.61 Å². The predicted molar refractivity (Wildman–Crippen MR) is 37.6 cm³/mol. The van der Waals surface area contributed by atoms with E-state index in [1.54, 1.807) is 0 Å². The Balaban J connectivity index is 2.41. The van der Waals surface area contributed by atoms with E-state index in [1.807, 2.05) is 0 Å². The zero-order valence-corrected chi connectivity index (χ0v) is 6.07. The summed E-state index contributed by atoms with van der Waals surface area (Å²) < 4.78 is 13.3. The molecule has 2 nitrogen and oxygen atoms in total. The summed E-state index contributed by atoms with van der Waals surface area (Å²) in [4.78, 5) is 0. The SMILES string of the molecule is OC[C@]1(F)CCCNCC1. The fourth-order valence-electron chi connectivity index (χ4n) is 1.25. The van der Waals surface area contributed by atoms with Crippen LogP contribution in [0.4, 0.5) is 4.39 Å². The molecule has 0 aromatic carbocycles. The van der Waals surface area contributed by atoms with Gasteiger partial charge in [-0.05, 0) is 32.4 Å². The topological polar surface area (TPSA) is 32.3 Å². The average molecular weight is 147 g/mol. The van der Waals surface area contributed by atoms with Gasteiger partial charge in [-0.1, -0.05) is 0 Å². The van der Waals surface area contributed by atoms with Crippen LogP contribution in [0.25, 0.3) is 0 Å². The molecule has 0 amide bonds. The molecule has 0 bridgehead atoms. The van der Waals surface area contributed by atoms with Crippen LogP contribution in [0.15, 0.2) is 0 Å². The normalized spacial score (nSPS) is 35.4. The van der Waals surface area contributed by atoms with E-state index in [-0.39, 0.29) is 6.61 Å². The second kappa shape index (κ2) is 3.30. The van der Waals surface area contributed by atoms with Crippen LogP contribution in [0.5, 0.6) is 0 Å². The fraction of sp³-hybridized carbons (Fsp3) is 1.00. The van der Waals surface area contributed by atoms with Crippen LogP contribution in [-0.4, -0.2) is 30.5 Å². The largest absolute Gasteiger partial charge is 0.393 e. The van der Waals surface area contributed by atoms with Gasteiger partial charge in [0.1, 0.15) is 5.67 Å². The molecule has 3 heteroatoms. The van der Waals surface area contributed by atoms with Gasteiger partial charge in [0.2, 0.25) is 0 Å². The number of halogens is 1. The van der Waals surface area contributed by atoms with Gasteiger partial charge >= 0.3 is 0 Å². The quantitative estimate of drug-likeness (QED) is 0.564. The Bertz CT molecular complexity index is 99.8. The summed E-state index contributed by atoms with van der Waals surface area (Å²) in [6.45, 7) is 1.25. The number of aliphatic hydroxyl groups excluding tert-OH is 1. The Morgan fingerprint density at radius 1 is 1.40 bits per heavy atom. The predicted octanol–water partition coefficient (Wildman–Crippen LogP) is 0.461. The van der Waals surface area contributed by atoms with E-state index in [1.165, 1.54) is 0 Å². The number of nitrogens with one attached hydrogen (secondary N) is 1. The van der Waals surface area contributed by atoms with E-state index >= 15 is 0 Å². The maximum absolute atomic E-state index is 13.3. The van der Waals surface area contributed by atoms with Gasteiger partial charge in [-0.2, -0.15) is 0 Å². The van der Waals surface area contributed by atoms with Crippen molar-refractivity contribution in [3.05, 3.63) is 0 Å². The molecule has 1 saturated heterocycles. The van der Waals surface area contributed by atoms with Crippen molar-refractivity contribution in [1.82, 2.24) is 5.32 Å². The van der Waals surface area contributed by atoms with Gasteiger partial charge in [0, 0.05) is 0 Å². The lowest BCUT2D eigenvalue weighted by molar-refractivity contribution is 0.0596. The van der Waals surface area contributed by atoms with E-state index < -0.39 is 5.67 Å². The number of rotatable bonds is 1. The third kappa shape index (κ3) is 1.92. The number of hydrogen-bond donors (Lipinski definition) is 2. The van der Waals surface area contributed by atoms with Gasteiger partial charge in [-0.3, -0.25) is 0 Å². The molecule has 0 spiro atoms. The van der Waals surface area contributed by atoms with Gasteiger partial charge in [0.25, 0.3) is 0 Å². The number of hydrogen-bond acceptors (Lipinski definition) is 2. The molecule has 10 heavy (non-hydrogen) atoms. The van der Waals surface area contributed by atoms with Crippen molar-refractivity contribution in [2.24, 2.45) is 0 Å². The van der Waals surface area contributed by atoms with Crippen LogP contribution >= 0.6 is 0 Å². The molecule has 1 heterocycles. The van der Waals surface area contributed by atoms with Crippen molar-refractivity contribution in [3.63, 3.8) is 0 Å². The van der Waals surface area contributed by atoms with Crippen LogP contribution < -0.4 is 5.32 Å². The van der Waals surface area contributed by atoms with Gasteiger partial charge in [-0.25, -0.2) is 4.39 Å². The summed E-state index contributed by atoms with van der Waals surface area (Å²) in [5.74, 6) is 0. The van der Waals surface area contributed by atoms with Crippen molar-refractivity contribution in [3.8, 4) is 0 Å². The molecule has 0 unspecified atom stereocenters. The van der Waals surface area contributed by atoms with E-state index in [0.717, 1.165) is 13.0 Å². The van der Waals surface area contributed by atoms with Crippen LogP contribution in [0.1, 0.15) is 19.3 Å². The number of alkyl halides is 1. The molecule has 1 rings (SSSR count). The lowest BCUT2D eigenvalue weighted by Crippen LogP contribution is -2.28. The second-order valence-electron chi connectivity index (χ2n) is 2.91. The third-order valence-corrected chi connectivity index (χ3v) is 2.01. The van der Waals surface area contributed by atoms with Gasteiger partial charge in [0.15, 0.2) is 0 Å².